The smallest absolute Gasteiger partial charge is 0.258 e. The molecule has 21 heavy (non-hydrogen) atoms. The fourth-order valence-corrected chi connectivity index (χ4v) is 3.61. The number of pyridine rings is 1. The Bertz CT molecular complexity index is 516. The Morgan fingerprint density at radius 2 is 2.19 bits per heavy atom. The summed E-state index contributed by atoms with van der Waals surface area (Å²) in [4.78, 5) is 15.9. The third-order valence-electron chi connectivity index (χ3n) is 3.87. The molecule has 0 aliphatic heterocycles. The Morgan fingerprint density at radius 3 is 2.81 bits per heavy atom. The first kappa shape index (κ1) is 15.9. The maximum Gasteiger partial charge on any atom is 0.258 e. The molecule has 1 aromatic heterocycles. The molecule has 0 bridgehead atoms. The van der Waals surface area contributed by atoms with Crippen molar-refractivity contribution in [3.8, 4) is 0 Å². The Kier molecular flexibility index (Phi) is 4.93. The summed E-state index contributed by atoms with van der Waals surface area (Å²) in [5, 5.41) is 6.41. The van der Waals surface area contributed by atoms with Crippen LogP contribution in [0.3, 0.4) is 0 Å². The molecule has 1 aromatic rings. The first-order chi connectivity index (χ1) is 9.85. The average Bonchev–Trinajstić information content (AvgIpc) is 2.36. The van der Waals surface area contributed by atoms with Gasteiger partial charge in [0.2, 0.25) is 0 Å². The molecule has 5 heteroatoms. The van der Waals surface area contributed by atoms with Gasteiger partial charge < -0.3 is 5.32 Å². The van der Waals surface area contributed by atoms with E-state index in [-0.39, 0.29) is 5.91 Å². The SMILES string of the molecule is C[C@@H]1C[C@@H](NC(=S)NC(=O)c2cccnc2)CC(C)(C)C1. The maximum atomic E-state index is 12.0. The predicted octanol–water partition coefficient (Wildman–Crippen LogP) is 2.90. The molecule has 0 radical (unpaired) electrons. The number of hydrogen-bond acceptors (Lipinski definition) is 3. The summed E-state index contributed by atoms with van der Waals surface area (Å²) >= 11 is 5.26. The highest BCUT2D eigenvalue weighted by molar-refractivity contribution is 7.80. The predicted molar refractivity (Wildman–Crippen MR) is 88.0 cm³/mol. The second-order valence-electron chi connectivity index (χ2n) is 6.78. The van der Waals surface area contributed by atoms with Crippen LogP contribution >= 0.6 is 12.2 Å². The van der Waals surface area contributed by atoms with Crippen molar-refractivity contribution in [2.45, 2.75) is 46.1 Å². The van der Waals surface area contributed by atoms with Crippen LogP contribution in [0, 0.1) is 11.3 Å². The van der Waals surface area contributed by atoms with Gasteiger partial charge in [-0.15, -0.1) is 0 Å². The lowest BCUT2D eigenvalue weighted by Crippen LogP contribution is -2.48. The summed E-state index contributed by atoms with van der Waals surface area (Å²) in [6.45, 7) is 6.84. The van der Waals surface area contributed by atoms with Gasteiger partial charge in [-0.05, 0) is 54.9 Å². The highest BCUT2D eigenvalue weighted by Crippen LogP contribution is 2.38. The van der Waals surface area contributed by atoms with Gasteiger partial charge in [-0.2, -0.15) is 0 Å². The van der Waals surface area contributed by atoms with E-state index in [1.807, 2.05) is 0 Å². The van der Waals surface area contributed by atoms with Crippen molar-refractivity contribution in [3.05, 3.63) is 30.1 Å². The highest BCUT2D eigenvalue weighted by Gasteiger charge is 2.32. The van der Waals surface area contributed by atoms with Gasteiger partial charge in [0, 0.05) is 18.4 Å². The van der Waals surface area contributed by atoms with Crippen LogP contribution in [-0.4, -0.2) is 22.0 Å². The van der Waals surface area contributed by atoms with Crippen molar-refractivity contribution >= 4 is 23.2 Å². The minimum absolute atomic E-state index is 0.219. The molecule has 4 nitrogen and oxygen atoms in total. The quantitative estimate of drug-likeness (QED) is 0.825. The normalized spacial score (nSPS) is 24.1. The third-order valence-corrected chi connectivity index (χ3v) is 4.09. The number of hydrogen-bond donors (Lipinski definition) is 2. The number of amides is 1. The fraction of sp³-hybridized carbons (Fsp3) is 0.562. The number of rotatable bonds is 2. The highest BCUT2D eigenvalue weighted by atomic mass is 32.1. The molecule has 1 fully saturated rings. The van der Waals surface area contributed by atoms with Crippen molar-refractivity contribution in [1.82, 2.24) is 15.6 Å². The van der Waals surface area contributed by atoms with Crippen LogP contribution in [0.25, 0.3) is 0 Å². The summed E-state index contributed by atoms with van der Waals surface area (Å²) in [6, 6.07) is 3.78. The molecule has 1 amide bonds. The lowest BCUT2D eigenvalue weighted by atomic mass is 9.71. The van der Waals surface area contributed by atoms with Gasteiger partial charge >= 0.3 is 0 Å². The third kappa shape index (κ3) is 4.77. The minimum atomic E-state index is -0.219. The zero-order valence-corrected chi connectivity index (χ0v) is 13.7. The summed E-state index contributed by atoms with van der Waals surface area (Å²) < 4.78 is 0. The maximum absolute atomic E-state index is 12.0. The lowest BCUT2D eigenvalue weighted by Gasteiger charge is -2.39. The molecule has 1 saturated carbocycles. The number of carbonyl (C=O) groups is 1. The summed E-state index contributed by atoms with van der Waals surface area (Å²) in [7, 11) is 0. The molecule has 0 unspecified atom stereocenters. The van der Waals surface area contributed by atoms with Crippen molar-refractivity contribution in [3.63, 3.8) is 0 Å². The minimum Gasteiger partial charge on any atom is -0.360 e. The van der Waals surface area contributed by atoms with Crippen LogP contribution in [-0.2, 0) is 0 Å². The first-order valence-electron chi connectivity index (χ1n) is 7.37. The van der Waals surface area contributed by atoms with Crippen molar-refractivity contribution in [2.75, 3.05) is 0 Å². The molecule has 2 rings (SSSR count). The molecule has 0 saturated heterocycles. The molecule has 1 aliphatic rings. The van der Waals surface area contributed by atoms with E-state index in [0.29, 0.717) is 28.1 Å². The van der Waals surface area contributed by atoms with Crippen LogP contribution in [0.2, 0.25) is 0 Å². The molecular weight excluding hydrogens is 282 g/mol. The van der Waals surface area contributed by atoms with Crippen LogP contribution < -0.4 is 10.6 Å². The molecule has 1 heterocycles. The number of nitrogens with zero attached hydrogens (tertiary/aromatic N) is 1. The molecule has 0 aromatic carbocycles. The molecule has 2 atom stereocenters. The lowest BCUT2D eigenvalue weighted by molar-refractivity contribution is 0.0975. The van der Waals surface area contributed by atoms with E-state index in [1.54, 1.807) is 18.3 Å². The summed E-state index contributed by atoms with van der Waals surface area (Å²) in [5.41, 5.74) is 0.831. The largest absolute Gasteiger partial charge is 0.360 e. The van der Waals surface area contributed by atoms with Gasteiger partial charge in [-0.1, -0.05) is 20.8 Å². The summed E-state index contributed by atoms with van der Waals surface area (Å²) in [6.07, 6.45) is 6.56. The van der Waals surface area contributed by atoms with Crippen molar-refractivity contribution in [1.29, 1.82) is 0 Å². The monoisotopic (exact) mass is 305 g/mol. The Hall–Kier alpha value is -1.49. The second kappa shape index (κ2) is 6.52. The second-order valence-corrected chi connectivity index (χ2v) is 7.19. The number of aromatic nitrogens is 1. The van der Waals surface area contributed by atoms with Gasteiger partial charge in [0.15, 0.2) is 5.11 Å². The van der Waals surface area contributed by atoms with E-state index in [0.717, 1.165) is 12.8 Å². The number of nitrogens with one attached hydrogen (secondary N) is 2. The first-order valence-corrected chi connectivity index (χ1v) is 7.78. The average molecular weight is 305 g/mol. The van der Waals surface area contributed by atoms with Gasteiger partial charge in [-0.25, -0.2) is 0 Å². The van der Waals surface area contributed by atoms with Gasteiger partial charge in [-0.3, -0.25) is 15.1 Å². The number of thiocarbonyl (C=S) groups is 1. The fourth-order valence-electron chi connectivity index (χ4n) is 3.35. The van der Waals surface area contributed by atoms with Crippen molar-refractivity contribution < 1.29 is 4.79 Å². The van der Waals surface area contributed by atoms with Crippen LogP contribution in [0.5, 0.6) is 0 Å². The Balaban J connectivity index is 1.88. The van der Waals surface area contributed by atoms with Crippen molar-refractivity contribution in [2.24, 2.45) is 11.3 Å². The Labute approximate surface area is 131 Å². The van der Waals surface area contributed by atoms with Crippen LogP contribution in [0.4, 0.5) is 0 Å². The molecule has 1 aliphatic carbocycles. The van der Waals surface area contributed by atoms with E-state index in [1.165, 1.54) is 12.6 Å². The van der Waals surface area contributed by atoms with Crippen LogP contribution in [0.15, 0.2) is 24.5 Å². The van der Waals surface area contributed by atoms with E-state index < -0.39 is 0 Å². The topological polar surface area (TPSA) is 54.0 Å². The van der Waals surface area contributed by atoms with E-state index >= 15 is 0 Å². The van der Waals surface area contributed by atoms with Gasteiger partial charge in [0.25, 0.3) is 5.91 Å². The molecule has 0 spiro atoms. The van der Waals surface area contributed by atoms with E-state index in [4.69, 9.17) is 12.2 Å². The standard InChI is InChI=1S/C16H23N3OS/c1-11-7-13(9-16(2,3)8-11)18-15(21)19-14(20)12-5-4-6-17-10-12/h4-6,10-11,13H,7-9H2,1-3H3,(H2,18,19,20,21)/t11-,13-/m1/s1. The molecule has 114 valence electrons. The van der Waals surface area contributed by atoms with E-state index in [9.17, 15) is 4.79 Å². The zero-order valence-electron chi connectivity index (χ0n) is 12.8. The summed E-state index contributed by atoms with van der Waals surface area (Å²) in [5.74, 6) is 0.451. The van der Waals surface area contributed by atoms with Crippen LogP contribution in [0.1, 0.15) is 50.4 Å². The zero-order chi connectivity index (χ0) is 15.5. The van der Waals surface area contributed by atoms with Gasteiger partial charge in [0.05, 0.1) is 5.56 Å². The van der Waals surface area contributed by atoms with Gasteiger partial charge in [0.1, 0.15) is 0 Å². The van der Waals surface area contributed by atoms with E-state index in [2.05, 4.69) is 36.4 Å². The molecular formula is C16H23N3OS. The Morgan fingerprint density at radius 1 is 1.43 bits per heavy atom. The molecule has 2 N–H and O–H groups in total. The number of carbonyl (C=O) groups excluding carboxylic acids is 1.